The zero-order valence-electron chi connectivity index (χ0n) is 19.9. The summed E-state index contributed by atoms with van der Waals surface area (Å²) in [5.41, 5.74) is 1.67. The summed E-state index contributed by atoms with van der Waals surface area (Å²) < 4.78 is 35.1. The first-order valence-electron chi connectivity index (χ1n) is 10.7. The number of nitrogens with one attached hydrogen (secondary N) is 1. The molecule has 0 aliphatic rings. The van der Waals surface area contributed by atoms with E-state index >= 15 is 0 Å². The Morgan fingerprint density at radius 3 is 2.50 bits per heavy atom. The highest BCUT2D eigenvalue weighted by Crippen LogP contribution is 2.37. The molecule has 0 fully saturated rings. The van der Waals surface area contributed by atoms with Crippen LogP contribution in [0.3, 0.4) is 0 Å². The number of hydrogen-bond acceptors (Lipinski definition) is 6. The van der Waals surface area contributed by atoms with Crippen LogP contribution in [0, 0.1) is 17.1 Å². The first kappa shape index (κ1) is 26.4. The number of halogens is 2. The van der Waals surface area contributed by atoms with E-state index in [4.69, 9.17) is 30.5 Å². The summed E-state index contributed by atoms with van der Waals surface area (Å²) in [6, 6.07) is 16.3. The number of rotatable bonds is 10. The minimum atomic E-state index is -0.572. The summed E-state index contributed by atoms with van der Waals surface area (Å²) >= 11 is 6.40. The lowest BCUT2D eigenvalue weighted by Gasteiger charge is -2.14. The lowest BCUT2D eigenvalue weighted by molar-refractivity contribution is -0.117. The number of amides is 1. The van der Waals surface area contributed by atoms with Crippen molar-refractivity contribution >= 4 is 23.6 Å². The maximum Gasteiger partial charge on any atom is 0.262 e. The molecule has 0 radical (unpaired) electrons. The van der Waals surface area contributed by atoms with Crippen LogP contribution in [0.2, 0.25) is 5.02 Å². The first-order chi connectivity index (χ1) is 17.4. The standard InChI is InChI=1S/C27H24ClFN2O5/c1-33-22-8-7-19(24(13-22)34-2)15-31-27(32)20(14-30)9-18-11-23(28)26(25(12-18)35-3)36-16-17-5-4-6-21(29)10-17/h4-13H,15-16H2,1-3H3,(H,31,32)/b20-9+. The third-order valence-electron chi connectivity index (χ3n) is 5.13. The second-order valence-electron chi connectivity index (χ2n) is 7.48. The molecule has 1 amide bonds. The van der Waals surface area contributed by atoms with E-state index in [2.05, 4.69) is 5.32 Å². The molecule has 9 heteroatoms. The van der Waals surface area contributed by atoms with Gasteiger partial charge >= 0.3 is 0 Å². The fourth-order valence-corrected chi connectivity index (χ4v) is 3.60. The van der Waals surface area contributed by atoms with Gasteiger partial charge in [0.15, 0.2) is 11.5 Å². The molecule has 0 aliphatic heterocycles. The van der Waals surface area contributed by atoms with Gasteiger partial charge < -0.3 is 24.3 Å². The molecule has 3 aromatic rings. The van der Waals surface area contributed by atoms with Gasteiger partial charge in [-0.2, -0.15) is 5.26 Å². The van der Waals surface area contributed by atoms with E-state index in [-0.39, 0.29) is 35.3 Å². The molecule has 0 aromatic heterocycles. The van der Waals surface area contributed by atoms with Crippen LogP contribution in [-0.4, -0.2) is 27.2 Å². The summed E-state index contributed by atoms with van der Waals surface area (Å²) in [6.07, 6.45) is 1.39. The number of carbonyl (C=O) groups is 1. The fraction of sp³-hybridized carbons (Fsp3) is 0.185. The normalized spacial score (nSPS) is 10.8. The monoisotopic (exact) mass is 510 g/mol. The van der Waals surface area contributed by atoms with Gasteiger partial charge in [0.2, 0.25) is 0 Å². The molecular weight excluding hydrogens is 487 g/mol. The largest absolute Gasteiger partial charge is 0.497 e. The molecule has 0 bridgehead atoms. The summed E-state index contributed by atoms with van der Waals surface area (Å²) in [7, 11) is 4.50. The van der Waals surface area contributed by atoms with E-state index in [1.165, 1.54) is 32.4 Å². The Labute approximate surface area is 213 Å². The van der Waals surface area contributed by atoms with Crippen LogP contribution in [0.4, 0.5) is 4.39 Å². The summed E-state index contributed by atoms with van der Waals surface area (Å²) in [5.74, 6) is 0.774. The molecule has 0 atom stereocenters. The van der Waals surface area contributed by atoms with Crippen LogP contribution in [0.1, 0.15) is 16.7 Å². The average molecular weight is 511 g/mol. The van der Waals surface area contributed by atoms with Crippen molar-refractivity contribution in [1.82, 2.24) is 5.32 Å². The Balaban J connectivity index is 1.76. The Kier molecular flexibility index (Phi) is 9.14. The van der Waals surface area contributed by atoms with Crippen molar-refractivity contribution in [3.63, 3.8) is 0 Å². The Morgan fingerprint density at radius 2 is 1.83 bits per heavy atom. The molecule has 0 saturated heterocycles. The minimum Gasteiger partial charge on any atom is -0.497 e. The molecular formula is C27H24ClFN2O5. The second kappa shape index (κ2) is 12.5. The second-order valence-corrected chi connectivity index (χ2v) is 7.89. The number of nitrogens with zero attached hydrogens (tertiary/aromatic N) is 1. The van der Waals surface area contributed by atoms with E-state index in [1.54, 1.807) is 49.6 Å². The van der Waals surface area contributed by atoms with Crippen molar-refractivity contribution in [3.05, 3.63) is 87.7 Å². The van der Waals surface area contributed by atoms with Crippen molar-refractivity contribution in [1.29, 1.82) is 5.26 Å². The Hall–Kier alpha value is -4.22. The molecule has 36 heavy (non-hydrogen) atoms. The van der Waals surface area contributed by atoms with Crippen molar-refractivity contribution < 1.29 is 28.1 Å². The van der Waals surface area contributed by atoms with Gasteiger partial charge in [-0.05, 0) is 53.6 Å². The van der Waals surface area contributed by atoms with Crippen LogP contribution < -0.4 is 24.3 Å². The van der Waals surface area contributed by atoms with E-state index in [1.807, 2.05) is 6.07 Å². The van der Waals surface area contributed by atoms with Gasteiger partial charge in [0.05, 0.1) is 26.4 Å². The number of hydrogen-bond donors (Lipinski definition) is 1. The Morgan fingerprint density at radius 1 is 1.06 bits per heavy atom. The number of carbonyl (C=O) groups excluding carboxylic acids is 1. The molecule has 3 aromatic carbocycles. The topological polar surface area (TPSA) is 89.8 Å². The van der Waals surface area contributed by atoms with E-state index in [0.717, 1.165) is 0 Å². The number of methoxy groups -OCH3 is 3. The maximum atomic E-state index is 13.4. The molecule has 3 rings (SSSR count). The smallest absolute Gasteiger partial charge is 0.262 e. The zero-order chi connectivity index (χ0) is 26.1. The maximum absolute atomic E-state index is 13.4. The number of benzene rings is 3. The van der Waals surface area contributed by atoms with Gasteiger partial charge in [0, 0.05) is 18.2 Å². The van der Waals surface area contributed by atoms with Crippen LogP contribution >= 0.6 is 11.6 Å². The predicted molar refractivity (Wildman–Crippen MR) is 134 cm³/mol. The van der Waals surface area contributed by atoms with Gasteiger partial charge in [-0.3, -0.25) is 4.79 Å². The predicted octanol–water partition coefficient (Wildman–Crippen LogP) is 5.31. The molecule has 1 N–H and O–H groups in total. The highest BCUT2D eigenvalue weighted by molar-refractivity contribution is 6.32. The zero-order valence-corrected chi connectivity index (χ0v) is 20.7. The van der Waals surface area contributed by atoms with Crippen molar-refractivity contribution in [2.45, 2.75) is 13.2 Å². The number of nitriles is 1. The van der Waals surface area contributed by atoms with Gasteiger partial charge in [0.1, 0.15) is 35.6 Å². The molecule has 7 nitrogen and oxygen atoms in total. The van der Waals surface area contributed by atoms with Gasteiger partial charge in [-0.25, -0.2) is 4.39 Å². The summed E-state index contributed by atoms with van der Waals surface area (Å²) in [4.78, 5) is 12.7. The molecule has 0 saturated carbocycles. The van der Waals surface area contributed by atoms with E-state index in [9.17, 15) is 14.4 Å². The van der Waals surface area contributed by atoms with Crippen molar-refractivity contribution in [2.24, 2.45) is 0 Å². The lowest BCUT2D eigenvalue weighted by Crippen LogP contribution is -2.24. The molecule has 0 unspecified atom stereocenters. The average Bonchev–Trinajstić information content (AvgIpc) is 2.89. The highest BCUT2D eigenvalue weighted by Gasteiger charge is 2.15. The SMILES string of the molecule is COc1ccc(CNC(=O)/C(C#N)=C/c2cc(Cl)c(OCc3cccc(F)c3)c(OC)c2)c(OC)c1. The van der Waals surface area contributed by atoms with Crippen LogP contribution in [0.25, 0.3) is 6.08 Å². The van der Waals surface area contributed by atoms with Gasteiger partial charge in [0.25, 0.3) is 5.91 Å². The van der Waals surface area contributed by atoms with E-state index in [0.29, 0.717) is 33.9 Å². The third kappa shape index (κ3) is 6.68. The first-order valence-corrected chi connectivity index (χ1v) is 11.1. The fourth-order valence-electron chi connectivity index (χ4n) is 3.33. The molecule has 0 spiro atoms. The van der Waals surface area contributed by atoms with Crippen LogP contribution in [0.5, 0.6) is 23.0 Å². The molecule has 186 valence electrons. The summed E-state index contributed by atoms with van der Waals surface area (Å²) in [5, 5.41) is 12.5. The molecule has 0 heterocycles. The van der Waals surface area contributed by atoms with Gasteiger partial charge in [-0.1, -0.05) is 23.7 Å². The van der Waals surface area contributed by atoms with Crippen LogP contribution in [-0.2, 0) is 17.9 Å². The number of ether oxygens (including phenoxy) is 4. The van der Waals surface area contributed by atoms with Gasteiger partial charge in [-0.15, -0.1) is 0 Å². The van der Waals surface area contributed by atoms with E-state index < -0.39 is 5.91 Å². The van der Waals surface area contributed by atoms with Crippen molar-refractivity contribution in [3.8, 4) is 29.1 Å². The quantitative estimate of drug-likeness (QED) is 0.294. The minimum absolute atomic E-state index is 0.0731. The third-order valence-corrected chi connectivity index (χ3v) is 5.41. The Bertz CT molecular complexity index is 1320. The lowest BCUT2D eigenvalue weighted by atomic mass is 10.1. The summed E-state index contributed by atoms with van der Waals surface area (Å²) in [6.45, 7) is 0.214. The highest BCUT2D eigenvalue weighted by atomic mass is 35.5. The van der Waals surface area contributed by atoms with Crippen molar-refractivity contribution in [2.75, 3.05) is 21.3 Å². The van der Waals surface area contributed by atoms with Crippen LogP contribution in [0.15, 0.2) is 60.2 Å². The molecule has 0 aliphatic carbocycles.